The number of ether oxygens (including phenoxy) is 1. The second-order valence-corrected chi connectivity index (χ2v) is 4.85. The van der Waals surface area contributed by atoms with E-state index in [-0.39, 0.29) is 5.69 Å². The fraction of sp³-hybridized carbons (Fsp3) is 0.0769. The van der Waals surface area contributed by atoms with Gasteiger partial charge in [0.1, 0.15) is 5.75 Å². The summed E-state index contributed by atoms with van der Waals surface area (Å²) >= 11 is 1.30. The van der Waals surface area contributed by atoms with Crippen LogP contribution in [-0.4, -0.2) is 12.0 Å². The van der Waals surface area contributed by atoms with Crippen LogP contribution in [0.25, 0.3) is 0 Å². The topological polar surface area (TPSA) is 78.4 Å². The molecule has 2 aromatic rings. The van der Waals surface area contributed by atoms with E-state index in [4.69, 9.17) is 10.5 Å². The Kier molecular flexibility index (Phi) is 3.91. The number of nitro benzene ring substituents is 1. The second-order valence-electron chi connectivity index (χ2n) is 3.73. The summed E-state index contributed by atoms with van der Waals surface area (Å²) in [5.41, 5.74) is 6.35. The summed E-state index contributed by atoms with van der Waals surface area (Å²) in [6, 6.07) is 11.9. The number of anilines is 1. The van der Waals surface area contributed by atoms with Crippen LogP contribution in [0.5, 0.6) is 5.75 Å². The van der Waals surface area contributed by atoms with E-state index >= 15 is 0 Å². The number of rotatable bonds is 4. The van der Waals surface area contributed by atoms with Gasteiger partial charge in [0.05, 0.1) is 22.6 Å². The van der Waals surface area contributed by atoms with Crippen LogP contribution in [0.3, 0.4) is 0 Å². The van der Waals surface area contributed by atoms with Gasteiger partial charge in [-0.15, -0.1) is 0 Å². The lowest BCUT2D eigenvalue weighted by molar-refractivity contribution is -0.387. The molecule has 2 aromatic carbocycles. The first-order valence-electron chi connectivity index (χ1n) is 5.46. The van der Waals surface area contributed by atoms with Crippen molar-refractivity contribution >= 4 is 23.1 Å². The van der Waals surface area contributed by atoms with E-state index in [1.807, 2.05) is 0 Å². The number of nitrogens with zero attached hydrogens (tertiary/aromatic N) is 1. The molecule has 5 nitrogen and oxygen atoms in total. The van der Waals surface area contributed by atoms with Gasteiger partial charge in [-0.2, -0.15) is 0 Å². The number of nitro groups is 1. The summed E-state index contributed by atoms with van der Waals surface area (Å²) in [6.07, 6.45) is 0. The molecule has 0 aliphatic heterocycles. The van der Waals surface area contributed by atoms with E-state index in [1.54, 1.807) is 36.4 Å². The van der Waals surface area contributed by atoms with E-state index in [1.165, 1.54) is 24.9 Å². The molecule has 0 atom stereocenters. The molecule has 0 saturated heterocycles. The lowest BCUT2D eigenvalue weighted by Gasteiger charge is -2.07. The smallest absolute Gasteiger partial charge is 0.283 e. The highest BCUT2D eigenvalue weighted by Gasteiger charge is 2.14. The van der Waals surface area contributed by atoms with Gasteiger partial charge in [0, 0.05) is 11.0 Å². The molecule has 2 N–H and O–H groups in total. The van der Waals surface area contributed by atoms with Crippen LogP contribution in [0.4, 0.5) is 11.4 Å². The van der Waals surface area contributed by atoms with Crippen LogP contribution in [0.2, 0.25) is 0 Å². The molecule has 0 aromatic heterocycles. The number of methoxy groups -OCH3 is 1. The Balaban J connectivity index is 2.34. The number of para-hydroxylation sites is 1. The summed E-state index contributed by atoms with van der Waals surface area (Å²) in [5.74, 6) is 0.559. The lowest BCUT2D eigenvalue weighted by atomic mass is 10.3. The first-order valence-corrected chi connectivity index (χ1v) is 6.28. The molecule has 0 heterocycles. The van der Waals surface area contributed by atoms with Crippen molar-refractivity contribution in [3.8, 4) is 5.75 Å². The van der Waals surface area contributed by atoms with Crippen molar-refractivity contribution in [2.24, 2.45) is 0 Å². The normalized spacial score (nSPS) is 10.2. The maximum Gasteiger partial charge on any atom is 0.283 e. The Bertz CT molecular complexity index is 617. The number of benzene rings is 2. The zero-order valence-electron chi connectivity index (χ0n) is 10.2. The number of nitrogen functional groups attached to an aromatic ring is 1. The van der Waals surface area contributed by atoms with Crippen LogP contribution >= 0.6 is 11.8 Å². The molecule has 2 rings (SSSR count). The van der Waals surface area contributed by atoms with Crippen molar-refractivity contribution in [2.75, 3.05) is 12.8 Å². The predicted octanol–water partition coefficient (Wildman–Crippen LogP) is 3.34. The fourth-order valence-electron chi connectivity index (χ4n) is 1.58. The van der Waals surface area contributed by atoms with Gasteiger partial charge in [-0.3, -0.25) is 10.1 Å². The standard InChI is InChI=1S/C13H12N2O3S/c1-18-12-8-9(6-7-10(12)14)19-13-5-3-2-4-11(13)15(16)17/h2-8H,14H2,1H3. The highest BCUT2D eigenvalue weighted by atomic mass is 32.2. The minimum absolute atomic E-state index is 0.0864. The molecular formula is C13H12N2O3S. The molecule has 0 aliphatic carbocycles. The Labute approximate surface area is 114 Å². The molecule has 0 radical (unpaired) electrons. The van der Waals surface area contributed by atoms with E-state index in [9.17, 15) is 10.1 Å². The lowest BCUT2D eigenvalue weighted by Crippen LogP contribution is -1.93. The summed E-state index contributed by atoms with van der Waals surface area (Å²) in [7, 11) is 1.53. The minimum Gasteiger partial charge on any atom is -0.495 e. The highest BCUT2D eigenvalue weighted by Crippen LogP contribution is 2.37. The predicted molar refractivity (Wildman–Crippen MR) is 74.6 cm³/mol. The van der Waals surface area contributed by atoms with Crippen LogP contribution in [0, 0.1) is 10.1 Å². The van der Waals surface area contributed by atoms with Gasteiger partial charge >= 0.3 is 0 Å². The van der Waals surface area contributed by atoms with E-state index in [0.717, 1.165) is 4.90 Å². The maximum atomic E-state index is 10.9. The first-order chi connectivity index (χ1) is 9.11. The van der Waals surface area contributed by atoms with E-state index in [2.05, 4.69) is 0 Å². The van der Waals surface area contributed by atoms with Gasteiger partial charge < -0.3 is 10.5 Å². The molecule has 19 heavy (non-hydrogen) atoms. The van der Waals surface area contributed by atoms with Crippen molar-refractivity contribution in [3.05, 3.63) is 52.6 Å². The van der Waals surface area contributed by atoms with E-state index < -0.39 is 4.92 Å². The van der Waals surface area contributed by atoms with Crippen molar-refractivity contribution in [1.29, 1.82) is 0 Å². The zero-order chi connectivity index (χ0) is 13.8. The Morgan fingerprint density at radius 1 is 1.26 bits per heavy atom. The molecule has 0 fully saturated rings. The quantitative estimate of drug-likeness (QED) is 0.526. The largest absolute Gasteiger partial charge is 0.495 e. The van der Waals surface area contributed by atoms with Crippen molar-refractivity contribution in [1.82, 2.24) is 0 Å². The van der Waals surface area contributed by atoms with Gasteiger partial charge in [-0.25, -0.2) is 0 Å². The molecule has 0 aliphatic rings. The third-order valence-electron chi connectivity index (χ3n) is 2.49. The molecule has 98 valence electrons. The molecule has 6 heteroatoms. The van der Waals surface area contributed by atoms with Gasteiger partial charge in [0.25, 0.3) is 5.69 Å². The zero-order valence-corrected chi connectivity index (χ0v) is 11.0. The average molecular weight is 276 g/mol. The molecular weight excluding hydrogens is 264 g/mol. The van der Waals surface area contributed by atoms with Crippen molar-refractivity contribution in [2.45, 2.75) is 9.79 Å². The first kappa shape index (κ1) is 13.2. The van der Waals surface area contributed by atoms with Crippen LogP contribution in [0.15, 0.2) is 52.3 Å². The van der Waals surface area contributed by atoms with Gasteiger partial charge in [-0.05, 0) is 24.3 Å². The molecule has 0 unspecified atom stereocenters. The summed E-state index contributed by atoms with van der Waals surface area (Å²) in [4.78, 5) is 12.0. The van der Waals surface area contributed by atoms with Gasteiger partial charge in [0.15, 0.2) is 0 Å². The maximum absolute atomic E-state index is 10.9. The molecule has 0 spiro atoms. The number of nitrogens with two attached hydrogens (primary N) is 1. The van der Waals surface area contributed by atoms with Crippen LogP contribution in [0.1, 0.15) is 0 Å². The monoisotopic (exact) mass is 276 g/mol. The Hall–Kier alpha value is -2.21. The minimum atomic E-state index is -0.392. The number of hydrogen-bond acceptors (Lipinski definition) is 5. The van der Waals surface area contributed by atoms with Crippen LogP contribution in [-0.2, 0) is 0 Å². The third kappa shape index (κ3) is 2.97. The molecule has 0 saturated carbocycles. The van der Waals surface area contributed by atoms with Gasteiger partial charge in [-0.1, -0.05) is 23.9 Å². The van der Waals surface area contributed by atoms with Gasteiger partial charge in [0.2, 0.25) is 0 Å². The average Bonchev–Trinajstić information content (AvgIpc) is 2.41. The highest BCUT2D eigenvalue weighted by molar-refractivity contribution is 7.99. The van der Waals surface area contributed by atoms with E-state index in [0.29, 0.717) is 16.3 Å². The number of hydrogen-bond donors (Lipinski definition) is 1. The Morgan fingerprint density at radius 3 is 2.68 bits per heavy atom. The molecule has 0 amide bonds. The summed E-state index contributed by atoms with van der Waals surface area (Å²) in [5, 5.41) is 10.9. The SMILES string of the molecule is COc1cc(Sc2ccccc2[N+](=O)[O-])ccc1N. The van der Waals surface area contributed by atoms with Crippen molar-refractivity contribution < 1.29 is 9.66 Å². The van der Waals surface area contributed by atoms with Crippen LogP contribution < -0.4 is 10.5 Å². The Morgan fingerprint density at radius 2 is 2.00 bits per heavy atom. The summed E-state index contributed by atoms with van der Waals surface area (Å²) < 4.78 is 5.13. The second kappa shape index (κ2) is 5.62. The van der Waals surface area contributed by atoms with Crippen molar-refractivity contribution in [3.63, 3.8) is 0 Å². The third-order valence-corrected chi connectivity index (χ3v) is 3.55. The molecule has 0 bridgehead atoms. The summed E-state index contributed by atoms with van der Waals surface area (Å²) in [6.45, 7) is 0. The fourth-order valence-corrected chi connectivity index (χ4v) is 2.53.